The van der Waals surface area contributed by atoms with E-state index in [2.05, 4.69) is 4.98 Å². The zero-order valence-electron chi connectivity index (χ0n) is 18.2. The molecule has 0 spiro atoms. The number of halogens is 6. The Morgan fingerprint density at radius 2 is 1.45 bits per heavy atom. The van der Waals surface area contributed by atoms with Gasteiger partial charge in [-0.05, 0) is 49.7 Å². The maximum absolute atomic E-state index is 13.3. The van der Waals surface area contributed by atoms with E-state index >= 15 is 0 Å². The summed E-state index contributed by atoms with van der Waals surface area (Å²) >= 11 is 0. The van der Waals surface area contributed by atoms with Gasteiger partial charge in [-0.15, -0.1) is 0 Å². The molecule has 0 saturated carbocycles. The fourth-order valence-electron chi connectivity index (χ4n) is 3.53. The molecule has 0 N–H and O–H groups in total. The van der Waals surface area contributed by atoms with Crippen LogP contribution in [0.15, 0.2) is 36.5 Å². The van der Waals surface area contributed by atoms with Gasteiger partial charge in [0.25, 0.3) is 0 Å². The zero-order valence-corrected chi connectivity index (χ0v) is 18.2. The number of ether oxygens (including phenoxy) is 1. The van der Waals surface area contributed by atoms with Crippen LogP contribution < -0.4 is 9.80 Å². The van der Waals surface area contributed by atoms with Crippen LogP contribution in [0.4, 0.5) is 37.8 Å². The summed E-state index contributed by atoms with van der Waals surface area (Å²) in [5, 5.41) is 0. The topological polar surface area (TPSA) is 45.7 Å². The summed E-state index contributed by atoms with van der Waals surface area (Å²) in [6.07, 6.45) is -8.56. The Hall–Kier alpha value is -2.82. The molecule has 3 rings (SSSR count). The van der Waals surface area contributed by atoms with Gasteiger partial charge < -0.3 is 14.5 Å². The molecular formula is C22H23F6N3O2. The number of anilines is 2. The molecule has 1 saturated heterocycles. The van der Waals surface area contributed by atoms with Crippen molar-refractivity contribution in [3.8, 4) is 0 Å². The first-order valence-corrected chi connectivity index (χ1v) is 10.1. The largest absolute Gasteiger partial charge is 0.416 e. The first-order chi connectivity index (χ1) is 15.2. The maximum atomic E-state index is 13.3. The second-order valence-electron chi connectivity index (χ2n) is 8.26. The van der Waals surface area contributed by atoms with Crippen LogP contribution in [0.25, 0.3) is 0 Å². The molecule has 0 unspecified atom stereocenters. The molecule has 1 fully saturated rings. The monoisotopic (exact) mass is 475 g/mol. The van der Waals surface area contributed by atoms with Gasteiger partial charge in [0.2, 0.25) is 5.91 Å². The predicted octanol–water partition coefficient (Wildman–Crippen LogP) is 4.90. The van der Waals surface area contributed by atoms with Crippen molar-refractivity contribution in [2.75, 3.05) is 43.2 Å². The van der Waals surface area contributed by atoms with Crippen LogP contribution in [0.5, 0.6) is 0 Å². The summed E-state index contributed by atoms with van der Waals surface area (Å²) in [6, 6.07) is 4.53. The minimum Gasteiger partial charge on any atom is -0.378 e. The number of hydrogen-bond acceptors (Lipinski definition) is 4. The van der Waals surface area contributed by atoms with Gasteiger partial charge in [0.15, 0.2) is 0 Å². The Labute approximate surface area is 187 Å². The molecule has 2 heterocycles. The summed E-state index contributed by atoms with van der Waals surface area (Å²) in [5.74, 6) is -0.00859. The average molecular weight is 475 g/mol. The number of morpholine rings is 1. The smallest absolute Gasteiger partial charge is 0.378 e. The Morgan fingerprint density at radius 1 is 0.939 bits per heavy atom. The number of benzene rings is 1. The third-order valence-electron chi connectivity index (χ3n) is 5.60. The Bertz CT molecular complexity index is 964. The van der Waals surface area contributed by atoms with E-state index in [0.29, 0.717) is 49.9 Å². The normalized spacial score (nSPS) is 15.5. The number of likely N-dealkylation sites (N-methyl/N-ethyl adjacent to an activating group) is 1. The first kappa shape index (κ1) is 24.8. The summed E-state index contributed by atoms with van der Waals surface area (Å²) in [6.45, 7) is 5.02. The van der Waals surface area contributed by atoms with Gasteiger partial charge in [-0.3, -0.25) is 4.79 Å². The lowest BCUT2D eigenvalue weighted by Gasteiger charge is -2.31. The van der Waals surface area contributed by atoms with Gasteiger partial charge in [-0.25, -0.2) is 4.98 Å². The number of hydrogen-bond donors (Lipinski definition) is 0. The van der Waals surface area contributed by atoms with Gasteiger partial charge >= 0.3 is 12.4 Å². The molecule has 0 bridgehead atoms. The summed E-state index contributed by atoms with van der Waals surface area (Å²) in [4.78, 5) is 20.7. The minimum atomic E-state index is -5.00. The van der Waals surface area contributed by atoms with E-state index in [-0.39, 0.29) is 11.6 Å². The van der Waals surface area contributed by atoms with Crippen LogP contribution in [-0.4, -0.2) is 44.2 Å². The van der Waals surface area contributed by atoms with Crippen molar-refractivity contribution in [2.45, 2.75) is 31.6 Å². The van der Waals surface area contributed by atoms with Crippen LogP contribution in [0.2, 0.25) is 0 Å². The van der Waals surface area contributed by atoms with Crippen LogP contribution >= 0.6 is 0 Å². The van der Waals surface area contributed by atoms with Gasteiger partial charge in [-0.2, -0.15) is 26.3 Å². The fourth-order valence-corrected chi connectivity index (χ4v) is 3.53. The number of pyridine rings is 1. The number of amides is 1. The zero-order chi connectivity index (χ0) is 24.6. The van der Waals surface area contributed by atoms with E-state index in [1.54, 1.807) is 12.1 Å². The molecule has 1 amide bonds. The van der Waals surface area contributed by atoms with E-state index in [4.69, 9.17) is 4.74 Å². The van der Waals surface area contributed by atoms with E-state index < -0.39 is 34.8 Å². The van der Waals surface area contributed by atoms with Crippen molar-refractivity contribution in [3.63, 3.8) is 0 Å². The highest BCUT2D eigenvalue weighted by atomic mass is 19.4. The number of nitrogens with zero attached hydrogens (tertiary/aromatic N) is 3. The number of carbonyl (C=O) groups excluding carboxylic acids is 1. The summed E-state index contributed by atoms with van der Waals surface area (Å²) < 4.78 is 84.8. The number of aromatic nitrogens is 1. The van der Waals surface area contributed by atoms with Crippen molar-refractivity contribution in [2.24, 2.45) is 0 Å². The second kappa shape index (κ2) is 8.85. The van der Waals surface area contributed by atoms with Crippen LogP contribution in [0.3, 0.4) is 0 Å². The number of carbonyl (C=O) groups is 1. The molecule has 0 aliphatic carbocycles. The molecular weight excluding hydrogens is 452 g/mol. The average Bonchev–Trinajstić information content (AvgIpc) is 2.77. The molecule has 2 aromatic rings. The Morgan fingerprint density at radius 3 is 1.91 bits per heavy atom. The lowest BCUT2D eigenvalue weighted by Crippen LogP contribution is -2.42. The van der Waals surface area contributed by atoms with E-state index in [1.807, 2.05) is 4.90 Å². The fraction of sp³-hybridized carbons (Fsp3) is 0.455. The predicted molar refractivity (Wildman–Crippen MR) is 110 cm³/mol. The molecule has 1 aliphatic heterocycles. The van der Waals surface area contributed by atoms with E-state index in [1.165, 1.54) is 32.0 Å². The van der Waals surface area contributed by atoms with E-state index in [9.17, 15) is 31.1 Å². The standard InChI is InChI=1S/C22H23F6N3O2/c1-20(2,14-10-15(21(23,24)25)12-16(11-14)22(26,27)28)19(32)30(3)17-4-5-18(29-13-17)31-6-8-33-9-7-31/h4-5,10-13H,6-9H2,1-3H3. The van der Waals surface area contributed by atoms with Crippen LogP contribution in [0.1, 0.15) is 30.5 Å². The van der Waals surface area contributed by atoms with Crippen LogP contribution in [0, 0.1) is 0 Å². The van der Waals surface area contributed by atoms with Gasteiger partial charge in [0.1, 0.15) is 5.82 Å². The van der Waals surface area contributed by atoms with Gasteiger partial charge in [0.05, 0.1) is 41.6 Å². The quantitative estimate of drug-likeness (QED) is 0.591. The number of rotatable bonds is 4. The van der Waals surface area contributed by atoms with Crippen molar-refractivity contribution in [3.05, 3.63) is 53.2 Å². The van der Waals surface area contributed by atoms with Crippen molar-refractivity contribution in [1.29, 1.82) is 0 Å². The van der Waals surface area contributed by atoms with Crippen molar-refractivity contribution >= 4 is 17.4 Å². The molecule has 0 radical (unpaired) electrons. The second-order valence-corrected chi connectivity index (χ2v) is 8.26. The molecule has 33 heavy (non-hydrogen) atoms. The van der Waals surface area contributed by atoms with Crippen molar-refractivity contribution < 1.29 is 35.9 Å². The molecule has 5 nitrogen and oxygen atoms in total. The Kier molecular flexibility index (Phi) is 6.65. The number of alkyl halides is 6. The molecule has 1 aliphatic rings. The van der Waals surface area contributed by atoms with Crippen LogP contribution in [-0.2, 0) is 27.3 Å². The maximum Gasteiger partial charge on any atom is 0.416 e. The molecule has 1 aromatic heterocycles. The lowest BCUT2D eigenvalue weighted by atomic mass is 9.81. The van der Waals surface area contributed by atoms with Gasteiger partial charge in [-0.1, -0.05) is 0 Å². The third-order valence-corrected chi connectivity index (χ3v) is 5.60. The van der Waals surface area contributed by atoms with Gasteiger partial charge in [0, 0.05) is 20.1 Å². The minimum absolute atomic E-state index is 0.0437. The molecule has 180 valence electrons. The SMILES string of the molecule is CN(C(=O)C(C)(C)c1cc(C(F)(F)F)cc(C(F)(F)F)c1)c1ccc(N2CCOCC2)nc1. The highest BCUT2D eigenvalue weighted by Gasteiger charge is 2.41. The van der Waals surface area contributed by atoms with Crippen molar-refractivity contribution in [1.82, 2.24) is 4.98 Å². The third kappa shape index (κ3) is 5.40. The molecule has 1 aromatic carbocycles. The molecule has 0 atom stereocenters. The summed E-state index contributed by atoms with van der Waals surface area (Å²) in [5.41, 5.74) is -4.65. The summed E-state index contributed by atoms with van der Waals surface area (Å²) in [7, 11) is 1.40. The first-order valence-electron chi connectivity index (χ1n) is 10.1. The highest BCUT2D eigenvalue weighted by molar-refractivity contribution is 6.00. The lowest BCUT2D eigenvalue weighted by molar-refractivity contribution is -0.143. The molecule has 11 heteroatoms. The van der Waals surface area contributed by atoms with E-state index in [0.717, 1.165) is 0 Å². The Balaban J connectivity index is 1.91. The highest BCUT2D eigenvalue weighted by Crippen LogP contribution is 2.39.